The number of hydrazone groups is 1. The number of hydrogen-bond donors (Lipinski definition) is 1. The number of aryl methyl sites for hydroxylation is 1. The summed E-state index contributed by atoms with van der Waals surface area (Å²) in [4.78, 5) is 24.8. The fourth-order valence-corrected chi connectivity index (χ4v) is 3.40. The average molecular weight is 327 g/mol. The lowest BCUT2D eigenvalue weighted by Gasteiger charge is -2.25. The number of benzene rings is 1. The monoisotopic (exact) mass is 327 g/mol. The van der Waals surface area contributed by atoms with Gasteiger partial charge in [0, 0.05) is 18.9 Å². The Hall–Kier alpha value is -2.17. The fourth-order valence-electron chi connectivity index (χ4n) is 3.40. The molecule has 1 heterocycles. The third-order valence-electron chi connectivity index (χ3n) is 4.83. The van der Waals surface area contributed by atoms with E-state index >= 15 is 0 Å². The second kappa shape index (κ2) is 7.60. The molecule has 24 heavy (non-hydrogen) atoms. The Bertz CT molecular complexity index is 646. The zero-order valence-corrected chi connectivity index (χ0v) is 14.3. The Balaban J connectivity index is 1.75. The summed E-state index contributed by atoms with van der Waals surface area (Å²) in [6.45, 7) is 1.94. The molecule has 5 heteroatoms. The van der Waals surface area contributed by atoms with Crippen LogP contribution in [0.5, 0.6) is 0 Å². The molecule has 0 atom stereocenters. The van der Waals surface area contributed by atoms with E-state index < -0.39 is 0 Å². The summed E-state index contributed by atoms with van der Waals surface area (Å²) >= 11 is 0. The van der Waals surface area contributed by atoms with Crippen molar-refractivity contribution in [3.63, 3.8) is 0 Å². The fraction of sp³-hybridized carbons (Fsp3) is 0.526. The summed E-state index contributed by atoms with van der Waals surface area (Å²) in [6.07, 6.45) is 7.67. The van der Waals surface area contributed by atoms with Gasteiger partial charge in [-0.2, -0.15) is 5.10 Å². The molecule has 3 rings (SSSR count). The van der Waals surface area contributed by atoms with Crippen molar-refractivity contribution in [3.05, 3.63) is 29.8 Å². The van der Waals surface area contributed by atoms with Crippen LogP contribution in [-0.2, 0) is 9.59 Å². The molecule has 1 aliphatic carbocycles. The number of carbonyl (C=O) groups is 2. The van der Waals surface area contributed by atoms with Crippen LogP contribution in [0.15, 0.2) is 29.4 Å². The first-order valence-electron chi connectivity index (χ1n) is 8.92. The lowest BCUT2D eigenvalue weighted by atomic mass is 10.1. The van der Waals surface area contributed by atoms with Gasteiger partial charge in [0.2, 0.25) is 5.91 Å². The highest BCUT2D eigenvalue weighted by molar-refractivity contribution is 6.40. The van der Waals surface area contributed by atoms with Gasteiger partial charge in [0.25, 0.3) is 5.91 Å². The number of para-hydroxylation sites is 1. The van der Waals surface area contributed by atoms with Crippen LogP contribution in [0.4, 0.5) is 5.69 Å². The Kier molecular flexibility index (Phi) is 5.28. The van der Waals surface area contributed by atoms with Crippen LogP contribution in [0.25, 0.3) is 0 Å². The molecular weight excluding hydrogens is 302 g/mol. The van der Waals surface area contributed by atoms with Crippen LogP contribution in [-0.4, -0.2) is 23.6 Å². The third-order valence-corrected chi connectivity index (χ3v) is 4.83. The molecule has 0 bridgehead atoms. The van der Waals surface area contributed by atoms with Gasteiger partial charge < -0.3 is 5.32 Å². The van der Waals surface area contributed by atoms with Crippen LogP contribution in [0.2, 0.25) is 0 Å². The highest BCUT2D eigenvalue weighted by atomic mass is 16.2. The summed E-state index contributed by atoms with van der Waals surface area (Å²) in [6, 6.07) is 7.86. The molecule has 0 aromatic heterocycles. The Morgan fingerprint density at radius 2 is 1.83 bits per heavy atom. The van der Waals surface area contributed by atoms with Crippen LogP contribution in [0, 0.1) is 6.92 Å². The van der Waals surface area contributed by atoms with Crippen LogP contribution < -0.4 is 10.3 Å². The van der Waals surface area contributed by atoms with Crippen molar-refractivity contribution >= 4 is 23.2 Å². The topological polar surface area (TPSA) is 61.8 Å². The van der Waals surface area contributed by atoms with Crippen molar-refractivity contribution in [2.45, 2.75) is 64.3 Å². The first kappa shape index (κ1) is 16.7. The van der Waals surface area contributed by atoms with E-state index in [0.29, 0.717) is 18.6 Å². The maximum atomic E-state index is 12.6. The number of hydrogen-bond acceptors (Lipinski definition) is 3. The zero-order chi connectivity index (χ0) is 16.9. The largest absolute Gasteiger partial charge is 0.348 e. The molecule has 0 unspecified atom stereocenters. The molecular formula is C19H25N3O2. The number of carbonyl (C=O) groups excluding carboxylic acids is 2. The molecule has 5 nitrogen and oxygen atoms in total. The second-order valence-electron chi connectivity index (χ2n) is 6.70. The summed E-state index contributed by atoms with van der Waals surface area (Å²) in [7, 11) is 0. The van der Waals surface area contributed by atoms with Gasteiger partial charge in [-0.25, -0.2) is 5.01 Å². The summed E-state index contributed by atoms with van der Waals surface area (Å²) in [5.41, 5.74) is 2.18. The smallest absolute Gasteiger partial charge is 0.267 e. The maximum absolute atomic E-state index is 12.6. The van der Waals surface area contributed by atoms with E-state index in [1.54, 1.807) is 0 Å². The van der Waals surface area contributed by atoms with Gasteiger partial charge >= 0.3 is 0 Å². The lowest BCUT2D eigenvalue weighted by molar-refractivity contribution is -0.119. The van der Waals surface area contributed by atoms with Crippen molar-refractivity contribution in [2.75, 3.05) is 5.01 Å². The quantitative estimate of drug-likeness (QED) is 0.866. The molecule has 0 saturated heterocycles. The predicted octanol–water partition coefficient (Wildman–Crippen LogP) is 3.32. The maximum Gasteiger partial charge on any atom is 0.267 e. The van der Waals surface area contributed by atoms with Gasteiger partial charge in [-0.1, -0.05) is 43.9 Å². The first-order valence-corrected chi connectivity index (χ1v) is 8.92. The average Bonchev–Trinajstić information content (AvgIpc) is 2.84. The van der Waals surface area contributed by atoms with Crippen molar-refractivity contribution in [1.82, 2.24) is 5.32 Å². The van der Waals surface area contributed by atoms with Crippen LogP contribution >= 0.6 is 0 Å². The van der Waals surface area contributed by atoms with Gasteiger partial charge in [0.05, 0.1) is 5.69 Å². The molecule has 1 aromatic rings. The second-order valence-corrected chi connectivity index (χ2v) is 6.70. The summed E-state index contributed by atoms with van der Waals surface area (Å²) in [5, 5.41) is 8.88. The first-order chi connectivity index (χ1) is 11.6. The van der Waals surface area contributed by atoms with Gasteiger partial charge in [0.15, 0.2) is 0 Å². The SMILES string of the molecule is Cc1ccccc1N1N=C(C(=O)NC2CCCCCC2)CCC1=O. The standard InChI is InChI=1S/C19H25N3O2/c1-14-8-6-7-11-17(14)22-18(23)13-12-16(21-22)19(24)20-15-9-4-2-3-5-10-15/h6-8,11,15H,2-5,9-10,12-13H2,1H3,(H,20,24). The lowest BCUT2D eigenvalue weighted by Crippen LogP contribution is -2.43. The van der Waals surface area contributed by atoms with E-state index in [2.05, 4.69) is 10.4 Å². The third kappa shape index (κ3) is 3.83. The normalized spacial score (nSPS) is 19.6. The number of rotatable bonds is 3. The van der Waals surface area contributed by atoms with E-state index in [4.69, 9.17) is 0 Å². The highest BCUT2D eigenvalue weighted by Crippen LogP contribution is 2.24. The minimum atomic E-state index is -0.118. The molecule has 1 aliphatic heterocycles. The van der Waals surface area contributed by atoms with E-state index in [-0.39, 0.29) is 17.9 Å². The van der Waals surface area contributed by atoms with Crippen molar-refractivity contribution in [1.29, 1.82) is 0 Å². The molecule has 128 valence electrons. The van der Waals surface area contributed by atoms with Crippen LogP contribution in [0.3, 0.4) is 0 Å². The Morgan fingerprint density at radius 1 is 1.12 bits per heavy atom. The van der Waals surface area contributed by atoms with Crippen molar-refractivity contribution < 1.29 is 9.59 Å². The van der Waals surface area contributed by atoms with Gasteiger partial charge in [-0.3, -0.25) is 9.59 Å². The number of amides is 2. The minimum absolute atomic E-state index is 0.0599. The Morgan fingerprint density at radius 3 is 2.54 bits per heavy atom. The van der Waals surface area contributed by atoms with E-state index in [9.17, 15) is 9.59 Å². The number of anilines is 1. The van der Waals surface area contributed by atoms with Crippen molar-refractivity contribution in [3.8, 4) is 0 Å². The molecule has 1 fully saturated rings. The van der Waals surface area contributed by atoms with Gasteiger partial charge in [0.1, 0.15) is 5.71 Å². The molecule has 2 amide bonds. The number of nitrogens with zero attached hydrogens (tertiary/aromatic N) is 2. The molecule has 2 aliphatic rings. The van der Waals surface area contributed by atoms with E-state index in [1.165, 1.54) is 30.7 Å². The minimum Gasteiger partial charge on any atom is -0.348 e. The van der Waals surface area contributed by atoms with Crippen LogP contribution in [0.1, 0.15) is 56.9 Å². The molecule has 1 N–H and O–H groups in total. The van der Waals surface area contributed by atoms with E-state index in [1.807, 2.05) is 31.2 Å². The number of nitrogens with one attached hydrogen (secondary N) is 1. The Labute approximate surface area is 143 Å². The summed E-state index contributed by atoms with van der Waals surface area (Å²) < 4.78 is 0. The molecule has 0 spiro atoms. The molecule has 1 saturated carbocycles. The van der Waals surface area contributed by atoms with Gasteiger partial charge in [-0.15, -0.1) is 0 Å². The summed E-state index contributed by atoms with van der Waals surface area (Å²) in [5.74, 6) is -0.177. The van der Waals surface area contributed by atoms with Crippen molar-refractivity contribution in [2.24, 2.45) is 5.10 Å². The predicted molar refractivity (Wildman–Crippen MR) is 95.0 cm³/mol. The van der Waals surface area contributed by atoms with Gasteiger partial charge in [-0.05, 0) is 31.4 Å². The van der Waals surface area contributed by atoms with E-state index in [0.717, 1.165) is 24.1 Å². The zero-order valence-electron chi connectivity index (χ0n) is 14.3. The highest BCUT2D eigenvalue weighted by Gasteiger charge is 2.27. The molecule has 1 aromatic carbocycles. The molecule has 0 radical (unpaired) electrons.